The number of nitrogens with zero attached hydrogens (tertiary/aromatic N) is 1. The number of nitrogens with two attached hydrogens (primary N) is 1. The molecule has 3 rings (SSSR count). The van der Waals surface area contributed by atoms with Gasteiger partial charge in [-0.3, -0.25) is 4.79 Å². The van der Waals surface area contributed by atoms with E-state index in [1.54, 1.807) is 0 Å². The summed E-state index contributed by atoms with van der Waals surface area (Å²) in [5, 5.41) is 3.46. The molecule has 0 saturated heterocycles. The fraction of sp³-hybridized carbons (Fsp3) is 0.562. The number of rotatable bonds is 4. The number of primary amides is 1. The third-order valence-corrected chi connectivity index (χ3v) is 4.46. The van der Waals surface area contributed by atoms with Crippen LogP contribution in [0.3, 0.4) is 0 Å². The summed E-state index contributed by atoms with van der Waals surface area (Å²) in [5.74, 6) is -0.248. The van der Waals surface area contributed by atoms with Crippen LogP contribution in [0.15, 0.2) is 18.2 Å². The molecular weight excluding hydrogens is 250 g/mol. The van der Waals surface area contributed by atoms with Crippen molar-refractivity contribution in [1.29, 1.82) is 0 Å². The molecule has 0 bridgehead atoms. The Kier molecular flexibility index (Phi) is 3.81. The van der Waals surface area contributed by atoms with Crippen LogP contribution < -0.4 is 16.0 Å². The molecule has 0 atom stereocenters. The molecule has 1 fully saturated rings. The number of nitrogens with one attached hydrogen (secondary N) is 1. The van der Waals surface area contributed by atoms with E-state index in [2.05, 4.69) is 28.4 Å². The topological polar surface area (TPSA) is 58.4 Å². The van der Waals surface area contributed by atoms with Gasteiger partial charge in [0.2, 0.25) is 5.91 Å². The number of carbonyl (C=O) groups is 1. The van der Waals surface area contributed by atoms with Crippen molar-refractivity contribution in [3.63, 3.8) is 0 Å². The molecule has 1 aromatic rings. The molecule has 1 amide bonds. The van der Waals surface area contributed by atoms with Crippen molar-refractivity contribution in [3.8, 4) is 0 Å². The number of carbonyl (C=O) groups excluding carboxylic acids is 1. The summed E-state index contributed by atoms with van der Waals surface area (Å²) in [6.45, 7) is 1.36. The molecule has 1 heterocycles. The third-order valence-electron chi connectivity index (χ3n) is 4.46. The summed E-state index contributed by atoms with van der Waals surface area (Å²) < 4.78 is 0. The van der Waals surface area contributed by atoms with E-state index in [1.165, 1.54) is 30.5 Å². The standard InChI is InChI=1S/C16H23N3O/c17-16(20)11-19(13-5-1-2-6-13)14-8-7-12-4-3-9-18-15(12)10-14/h7-8,10,13,18H,1-6,9,11H2,(H2,17,20). The lowest BCUT2D eigenvalue weighted by molar-refractivity contribution is -0.116. The predicted molar refractivity (Wildman–Crippen MR) is 82.0 cm³/mol. The highest BCUT2D eigenvalue weighted by Gasteiger charge is 2.24. The minimum Gasteiger partial charge on any atom is -0.385 e. The van der Waals surface area contributed by atoms with E-state index >= 15 is 0 Å². The number of amides is 1. The van der Waals surface area contributed by atoms with Crippen molar-refractivity contribution in [1.82, 2.24) is 0 Å². The highest BCUT2D eigenvalue weighted by molar-refractivity contribution is 5.80. The van der Waals surface area contributed by atoms with Crippen LogP contribution in [0.2, 0.25) is 0 Å². The lowest BCUT2D eigenvalue weighted by Crippen LogP contribution is -2.40. The molecule has 0 radical (unpaired) electrons. The van der Waals surface area contributed by atoms with Gasteiger partial charge in [-0.25, -0.2) is 0 Å². The number of fused-ring (bicyclic) bond motifs is 1. The van der Waals surface area contributed by atoms with Crippen LogP contribution in [0.5, 0.6) is 0 Å². The van der Waals surface area contributed by atoms with Crippen molar-refractivity contribution in [2.45, 2.75) is 44.6 Å². The Morgan fingerprint density at radius 1 is 1.30 bits per heavy atom. The van der Waals surface area contributed by atoms with Gasteiger partial charge in [0.1, 0.15) is 0 Å². The zero-order valence-electron chi connectivity index (χ0n) is 11.9. The second kappa shape index (κ2) is 5.73. The third kappa shape index (κ3) is 2.74. The number of benzene rings is 1. The van der Waals surface area contributed by atoms with Crippen LogP contribution in [0.4, 0.5) is 11.4 Å². The highest BCUT2D eigenvalue weighted by Crippen LogP contribution is 2.32. The van der Waals surface area contributed by atoms with Gasteiger partial charge in [0.05, 0.1) is 6.54 Å². The quantitative estimate of drug-likeness (QED) is 0.885. The van der Waals surface area contributed by atoms with Crippen molar-refractivity contribution >= 4 is 17.3 Å². The SMILES string of the molecule is NC(=O)CN(c1ccc2c(c1)NCCC2)C1CCCC1. The average Bonchev–Trinajstić information content (AvgIpc) is 2.98. The molecule has 1 saturated carbocycles. The monoisotopic (exact) mass is 273 g/mol. The van der Waals surface area contributed by atoms with Gasteiger partial charge in [0.15, 0.2) is 0 Å². The van der Waals surface area contributed by atoms with Crippen LogP contribution in [-0.4, -0.2) is 25.0 Å². The van der Waals surface area contributed by atoms with Crippen molar-refractivity contribution in [2.24, 2.45) is 5.73 Å². The first-order valence-electron chi connectivity index (χ1n) is 7.66. The summed E-state index contributed by atoms with van der Waals surface area (Å²) in [6.07, 6.45) is 7.17. The molecule has 0 aromatic heterocycles. The molecule has 3 N–H and O–H groups in total. The van der Waals surface area contributed by atoms with Crippen molar-refractivity contribution < 1.29 is 4.79 Å². The Morgan fingerprint density at radius 3 is 2.85 bits per heavy atom. The molecule has 20 heavy (non-hydrogen) atoms. The Morgan fingerprint density at radius 2 is 2.10 bits per heavy atom. The van der Waals surface area contributed by atoms with E-state index in [1.807, 2.05) is 0 Å². The molecular formula is C16H23N3O. The van der Waals surface area contributed by atoms with Gasteiger partial charge in [0.25, 0.3) is 0 Å². The van der Waals surface area contributed by atoms with Crippen LogP contribution in [0.25, 0.3) is 0 Å². The maximum absolute atomic E-state index is 11.4. The lowest BCUT2D eigenvalue weighted by atomic mass is 10.0. The number of hydrogen-bond acceptors (Lipinski definition) is 3. The smallest absolute Gasteiger partial charge is 0.236 e. The molecule has 0 spiro atoms. The van der Waals surface area contributed by atoms with Crippen molar-refractivity contribution in [2.75, 3.05) is 23.3 Å². The zero-order chi connectivity index (χ0) is 13.9. The largest absolute Gasteiger partial charge is 0.385 e. The molecule has 1 aromatic carbocycles. The number of hydrogen-bond donors (Lipinski definition) is 2. The second-order valence-electron chi connectivity index (χ2n) is 5.90. The van der Waals surface area contributed by atoms with Gasteiger partial charge in [-0.2, -0.15) is 0 Å². The maximum Gasteiger partial charge on any atom is 0.236 e. The summed E-state index contributed by atoms with van der Waals surface area (Å²) in [7, 11) is 0. The van der Waals surface area contributed by atoms with Crippen molar-refractivity contribution in [3.05, 3.63) is 23.8 Å². The van der Waals surface area contributed by atoms with Gasteiger partial charge in [-0.15, -0.1) is 0 Å². The summed E-state index contributed by atoms with van der Waals surface area (Å²) in [6, 6.07) is 6.99. The maximum atomic E-state index is 11.4. The first kappa shape index (κ1) is 13.3. The Hall–Kier alpha value is -1.71. The van der Waals surface area contributed by atoms with Gasteiger partial charge in [-0.05, 0) is 43.4 Å². The Balaban J connectivity index is 1.87. The zero-order valence-corrected chi connectivity index (χ0v) is 11.9. The normalized spacial score (nSPS) is 18.4. The van der Waals surface area contributed by atoms with Crippen LogP contribution >= 0.6 is 0 Å². The molecule has 4 nitrogen and oxygen atoms in total. The molecule has 108 valence electrons. The molecule has 1 aliphatic heterocycles. The van der Waals surface area contributed by atoms with Crippen LogP contribution in [-0.2, 0) is 11.2 Å². The minimum atomic E-state index is -0.248. The van der Waals surface area contributed by atoms with E-state index in [9.17, 15) is 4.79 Å². The highest BCUT2D eigenvalue weighted by atomic mass is 16.1. The predicted octanol–water partition coefficient (Wildman–Crippen LogP) is 2.28. The van der Waals surface area contributed by atoms with E-state index in [-0.39, 0.29) is 5.91 Å². The first-order chi connectivity index (χ1) is 9.74. The fourth-order valence-corrected chi connectivity index (χ4v) is 3.44. The van der Waals surface area contributed by atoms with E-state index in [0.717, 1.165) is 31.5 Å². The van der Waals surface area contributed by atoms with Gasteiger partial charge in [-0.1, -0.05) is 18.9 Å². The van der Waals surface area contributed by atoms with Gasteiger partial charge >= 0.3 is 0 Å². The summed E-state index contributed by atoms with van der Waals surface area (Å²) >= 11 is 0. The van der Waals surface area contributed by atoms with Gasteiger partial charge < -0.3 is 16.0 Å². The molecule has 1 aliphatic carbocycles. The summed E-state index contributed by atoms with van der Waals surface area (Å²) in [4.78, 5) is 13.6. The Bertz CT molecular complexity index is 494. The number of anilines is 2. The Labute approximate surface area is 120 Å². The number of aryl methyl sites for hydroxylation is 1. The first-order valence-corrected chi connectivity index (χ1v) is 7.66. The van der Waals surface area contributed by atoms with E-state index in [4.69, 9.17) is 5.73 Å². The molecule has 4 heteroatoms. The van der Waals surface area contributed by atoms with Crippen LogP contribution in [0, 0.1) is 0 Å². The molecule has 0 unspecified atom stereocenters. The summed E-state index contributed by atoms with van der Waals surface area (Å²) in [5.41, 5.74) is 9.17. The molecule has 2 aliphatic rings. The lowest BCUT2D eigenvalue weighted by Gasteiger charge is -2.31. The minimum absolute atomic E-state index is 0.248. The van der Waals surface area contributed by atoms with E-state index < -0.39 is 0 Å². The van der Waals surface area contributed by atoms with Crippen LogP contribution in [0.1, 0.15) is 37.7 Å². The van der Waals surface area contributed by atoms with Gasteiger partial charge in [0, 0.05) is 24.0 Å². The van der Waals surface area contributed by atoms with E-state index in [0.29, 0.717) is 12.6 Å². The second-order valence-corrected chi connectivity index (χ2v) is 5.90. The average molecular weight is 273 g/mol. The fourth-order valence-electron chi connectivity index (χ4n) is 3.44.